The third-order valence-electron chi connectivity index (χ3n) is 3.52. The Morgan fingerprint density at radius 2 is 2.32 bits per heavy atom. The molecule has 3 rings (SSSR count). The fourth-order valence-corrected chi connectivity index (χ4v) is 2.69. The molecule has 0 bridgehead atoms. The first-order chi connectivity index (χ1) is 9.24. The van der Waals surface area contributed by atoms with E-state index in [0.29, 0.717) is 11.7 Å². The number of nitrogens with one attached hydrogen (secondary N) is 1. The van der Waals surface area contributed by atoms with E-state index in [-0.39, 0.29) is 0 Å². The number of rotatable bonds is 2. The smallest absolute Gasteiger partial charge is 0.231 e. The minimum absolute atomic E-state index is 0.351. The Balaban J connectivity index is 1.85. The van der Waals surface area contributed by atoms with Crippen molar-refractivity contribution in [1.29, 1.82) is 0 Å². The van der Waals surface area contributed by atoms with Crippen molar-refractivity contribution in [1.82, 2.24) is 15.5 Å². The van der Waals surface area contributed by atoms with Gasteiger partial charge in [-0.05, 0) is 37.9 Å². The highest BCUT2D eigenvalue weighted by Gasteiger charge is 2.21. The van der Waals surface area contributed by atoms with Crippen molar-refractivity contribution in [2.24, 2.45) is 0 Å². The van der Waals surface area contributed by atoms with E-state index in [4.69, 9.17) is 4.52 Å². The van der Waals surface area contributed by atoms with E-state index in [2.05, 4.69) is 44.4 Å². The maximum Gasteiger partial charge on any atom is 0.231 e. The summed E-state index contributed by atoms with van der Waals surface area (Å²) in [6, 6.07) is 6.11. The molecule has 100 valence electrons. The molecule has 1 aliphatic rings. The second-order valence-corrected chi connectivity index (χ2v) is 5.82. The fourth-order valence-electron chi connectivity index (χ4n) is 2.31. The lowest BCUT2D eigenvalue weighted by atomic mass is 10.00. The van der Waals surface area contributed by atoms with Crippen LogP contribution in [0.3, 0.4) is 0 Å². The molecule has 1 aromatic heterocycles. The van der Waals surface area contributed by atoms with Gasteiger partial charge in [-0.2, -0.15) is 4.98 Å². The van der Waals surface area contributed by atoms with Gasteiger partial charge in [-0.1, -0.05) is 33.2 Å². The molecule has 1 atom stereocenters. The molecule has 0 spiro atoms. The van der Waals surface area contributed by atoms with Gasteiger partial charge in [0.05, 0.1) is 5.92 Å². The Bertz CT molecular complexity index is 576. The SMILES string of the molecule is Cc1ccc(-c2noc(C3CCCNC3)n2)cc1Br. The lowest BCUT2D eigenvalue weighted by molar-refractivity contribution is 0.322. The first-order valence-electron chi connectivity index (χ1n) is 6.55. The van der Waals surface area contributed by atoms with Crippen LogP contribution in [0.5, 0.6) is 0 Å². The van der Waals surface area contributed by atoms with E-state index in [1.807, 2.05) is 12.1 Å². The Morgan fingerprint density at radius 3 is 3.05 bits per heavy atom. The number of aryl methyl sites for hydroxylation is 1. The monoisotopic (exact) mass is 321 g/mol. The number of hydrogen-bond acceptors (Lipinski definition) is 4. The summed E-state index contributed by atoms with van der Waals surface area (Å²) in [6.45, 7) is 4.07. The van der Waals surface area contributed by atoms with E-state index in [0.717, 1.165) is 35.4 Å². The molecule has 1 aliphatic heterocycles. The average Bonchev–Trinajstić information content (AvgIpc) is 2.93. The largest absolute Gasteiger partial charge is 0.339 e. The van der Waals surface area contributed by atoms with Crippen LogP contribution < -0.4 is 5.32 Å². The summed E-state index contributed by atoms with van der Waals surface area (Å²) in [5, 5.41) is 7.46. The molecule has 19 heavy (non-hydrogen) atoms. The van der Waals surface area contributed by atoms with E-state index < -0.39 is 0 Å². The highest BCUT2D eigenvalue weighted by atomic mass is 79.9. The number of nitrogens with zero attached hydrogens (tertiary/aromatic N) is 2. The maximum absolute atomic E-state index is 5.41. The first kappa shape index (κ1) is 12.8. The van der Waals surface area contributed by atoms with E-state index in [1.165, 1.54) is 12.0 Å². The minimum atomic E-state index is 0.351. The molecule has 1 aromatic carbocycles. The number of benzene rings is 1. The molecule has 0 radical (unpaired) electrons. The summed E-state index contributed by atoms with van der Waals surface area (Å²) in [5.41, 5.74) is 2.18. The van der Waals surface area contributed by atoms with Crippen molar-refractivity contribution in [2.45, 2.75) is 25.7 Å². The zero-order valence-electron chi connectivity index (χ0n) is 10.8. The van der Waals surface area contributed by atoms with Crippen molar-refractivity contribution in [2.75, 3.05) is 13.1 Å². The molecule has 4 nitrogen and oxygen atoms in total. The molecule has 1 fully saturated rings. The van der Waals surface area contributed by atoms with Crippen LogP contribution in [0.4, 0.5) is 0 Å². The zero-order chi connectivity index (χ0) is 13.2. The summed E-state index contributed by atoms with van der Waals surface area (Å²) < 4.78 is 6.48. The van der Waals surface area contributed by atoms with Gasteiger partial charge in [0.25, 0.3) is 0 Å². The van der Waals surface area contributed by atoms with Crippen molar-refractivity contribution < 1.29 is 4.52 Å². The van der Waals surface area contributed by atoms with Crippen LogP contribution >= 0.6 is 15.9 Å². The Labute approximate surface area is 120 Å². The maximum atomic E-state index is 5.41. The summed E-state index contributed by atoms with van der Waals surface area (Å²) in [5.74, 6) is 1.77. The normalized spacial score (nSPS) is 19.6. The van der Waals surface area contributed by atoms with Crippen molar-refractivity contribution in [3.05, 3.63) is 34.1 Å². The number of hydrogen-bond donors (Lipinski definition) is 1. The number of halogens is 1. The molecule has 1 saturated heterocycles. The molecule has 0 saturated carbocycles. The summed E-state index contributed by atoms with van der Waals surface area (Å²) in [7, 11) is 0. The molecular formula is C14H16BrN3O. The predicted molar refractivity (Wildman–Crippen MR) is 77.0 cm³/mol. The lowest BCUT2D eigenvalue weighted by Crippen LogP contribution is -2.28. The Hall–Kier alpha value is -1.20. The zero-order valence-corrected chi connectivity index (χ0v) is 12.4. The third kappa shape index (κ3) is 2.72. The third-order valence-corrected chi connectivity index (χ3v) is 4.37. The van der Waals surface area contributed by atoms with Gasteiger partial charge < -0.3 is 9.84 Å². The first-order valence-corrected chi connectivity index (χ1v) is 7.34. The fraction of sp³-hybridized carbons (Fsp3) is 0.429. The van der Waals surface area contributed by atoms with Crippen molar-refractivity contribution in [3.8, 4) is 11.4 Å². The van der Waals surface area contributed by atoms with Crippen LogP contribution in [0.15, 0.2) is 27.2 Å². The topological polar surface area (TPSA) is 51.0 Å². The van der Waals surface area contributed by atoms with E-state index >= 15 is 0 Å². The minimum Gasteiger partial charge on any atom is -0.339 e. The van der Waals surface area contributed by atoms with Gasteiger partial charge in [0.2, 0.25) is 11.7 Å². The van der Waals surface area contributed by atoms with Gasteiger partial charge in [-0.15, -0.1) is 0 Å². The molecule has 1 N–H and O–H groups in total. The molecule has 2 heterocycles. The van der Waals surface area contributed by atoms with Gasteiger partial charge in [0.15, 0.2) is 0 Å². The van der Waals surface area contributed by atoms with Crippen LogP contribution in [-0.2, 0) is 0 Å². The number of aromatic nitrogens is 2. The summed E-state index contributed by atoms with van der Waals surface area (Å²) in [6.07, 6.45) is 2.28. The van der Waals surface area contributed by atoms with Crippen LogP contribution in [0, 0.1) is 6.92 Å². The lowest BCUT2D eigenvalue weighted by Gasteiger charge is -2.18. The second kappa shape index (κ2) is 5.43. The number of piperidine rings is 1. The molecular weight excluding hydrogens is 306 g/mol. The van der Waals surface area contributed by atoms with Crippen LogP contribution in [0.1, 0.15) is 30.2 Å². The quantitative estimate of drug-likeness (QED) is 0.922. The standard InChI is InChI=1S/C14H16BrN3O/c1-9-4-5-10(7-12(9)15)13-17-14(19-18-13)11-3-2-6-16-8-11/h4-5,7,11,16H,2-3,6,8H2,1H3. The second-order valence-electron chi connectivity index (χ2n) is 4.96. The molecule has 2 aromatic rings. The van der Waals surface area contributed by atoms with Crippen molar-refractivity contribution in [3.63, 3.8) is 0 Å². The Kier molecular flexibility index (Phi) is 3.66. The highest BCUT2D eigenvalue weighted by molar-refractivity contribution is 9.10. The van der Waals surface area contributed by atoms with Crippen LogP contribution in [0.2, 0.25) is 0 Å². The van der Waals surface area contributed by atoms with Crippen LogP contribution in [0.25, 0.3) is 11.4 Å². The Morgan fingerprint density at radius 1 is 1.42 bits per heavy atom. The summed E-state index contributed by atoms with van der Waals surface area (Å²) >= 11 is 3.53. The predicted octanol–water partition coefficient (Wildman–Crippen LogP) is 3.27. The van der Waals surface area contributed by atoms with Gasteiger partial charge in [0, 0.05) is 16.6 Å². The van der Waals surface area contributed by atoms with E-state index in [1.54, 1.807) is 0 Å². The molecule has 0 aliphatic carbocycles. The van der Waals surface area contributed by atoms with Crippen LogP contribution in [-0.4, -0.2) is 23.2 Å². The van der Waals surface area contributed by atoms with E-state index in [9.17, 15) is 0 Å². The van der Waals surface area contributed by atoms with Gasteiger partial charge in [0.1, 0.15) is 0 Å². The molecule has 5 heteroatoms. The van der Waals surface area contributed by atoms with Gasteiger partial charge in [-0.3, -0.25) is 0 Å². The summed E-state index contributed by atoms with van der Waals surface area (Å²) in [4.78, 5) is 4.54. The molecule has 1 unspecified atom stereocenters. The van der Waals surface area contributed by atoms with Gasteiger partial charge >= 0.3 is 0 Å². The highest BCUT2D eigenvalue weighted by Crippen LogP contribution is 2.27. The van der Waals surface area contributed by atoms with Crippen molar-refractivity contribution >= 4 is 15.9 Å². The molecule has 0 amide bonds. The van der Waals surface area contributed by atoms with Gasteiger partial charge in [-0.25, -0.2) is 0 Å². The average molecular weight is 322 g/mol.